The Labute approximate surface area is 207 Å². The van der Waals surface area contributed by atoms with Crippen LogP contribution in [0.2, 0.25) is 5.02 Å². The van der Waals surface area contributed by atoms with Gasteiger partial charge < -0.3 is 14.6 Å². The van der Waals surface area contributed by atoms with Crippen LogP contribution in [-0.2, 0) is 9.59 Å². The summed E-state index contributed by atoms with van der Waals surface area (Å²) in [6, 6.07) is 13.0. The van der Waals surface area contributed by atoms with E-state index >= 15 is 0 Å². The molecule has 0 spiro atoms. The molecular formula is C27H23ClFNO5. The van der Waals surface area contributed by atoms with Gasteiger partial charge in [0.1, 0.15) is 11.6 Å². The molecule has 180 valence electrons. The zero-order valence-electron chi connectivity index (χ0n) is 19.6. The molecule has 1 saturated heterocycles. The van der Waals surface area contributed by atoms with E-state index in [1.165, 1.54) is 37.3 Å². The lowest BCUT2D eigenvalue weighted by Gasteiger charge is -2.27. The second kappa shape index (κ2) is 9.43. The number of hydrogen-bond acceptors (Lipinski definition) is 5. The number of ketones is 1. The molecule has 0 aromatic heterocycles. The lowest BCUT2D eigenvalue weighted by atomic mass is 9.94. The van der Waals surface area contributed by atoms with Gasteiger partial charge in [-0.1, -0.05) is 23.7 Å². The molecule has 35 heavy (non-hydrogen) atoms. The van der Waals surface area contributed by atoms with Crippen molar-refractivity contribution in [3.05, 3.63) is 93.3 Å². The number of nitrogens with zero attached hydrogens (tertiary/aromatic N) is 1. The zero-order chi connectivity index (χ0) is 25.4. The normalized spacial score (nSPS) is 17.1. The Hall–Kier alpha value is -3.84. The third-order valence-corrected chi connectivity index (χ3v) is 6.26. The highest BCUT2D eigenvalue weighted by atomic mass is 35.5. The van der Waals surface area contributed by atoms with Gasteiger partial charge in [-0.2, -0.15) is 0 Å². The summed E-state index contributed by atoms with van der Waals surface area (Å²) in [6.45, 7) is 3.34. The number of hydrogen-bond donors (Lipinski definition) is 1. The van der Waals surface area contributed by atoms with E-state index in [2.05, 4.69) is 0 Å². The van der Waals surface area contributed by atoms with Crippen molar-refractivity contribution in [2.75, 3.05) is 19.1 Å². The summed E-state index contributed by atoms with van der Waals surface area (Å²) in [5.74, 6) is -1.71. The van der Waals surface area contributed by atoms with Crippen molar-refractivity contribution >= 4 is 34.7 Å². The minimum absolute atomic E-state index is 0.132. The number of amides is 1. The Morgan fingerprint density at radius 1 is 0.943 bits per heavy atom. The molecule has 1 N–H and O–H groups in total. The maximum Gasteiger partial charge on any atom is 0.300 e. The standard InChI is InChI=1S/C27H23ClFNO5/c1-14-5-8-18(28)13-20(14)30-24(16-7-10-21(34-3)22(12-16)35-4)23(26(32)27(30)33)25(31)17-6-9-19(29)15(2)11-17/h5-13,24,31H,1-4H3/b25-23+. The Balaban J connectivity index is 2.01. The number of carbonyl (C=O) groups excluding carboxylic acids is 2. The number of aliphatic hydroxyl groups is 1. The van der Waals surface area contributed by atoms with Crippen LogP contribution in [0.4, 0.5) is 10.1 Å². The predicted molar refractivity (Wildman–Crippen MR) is 132 cm³/mol. The summed E-state index contributed by atoms with van der Waals surface area (Å²) < 4.78 is 24.6. The van der Waals surface area contributed by atoms with Crippen molar-refractivity contribution in [3.63, 3.8) is 0 Å². The third kappa shape index (κ3) is 4.23. The minimum Gasteiger partial charge on any atom is -0.507 e. The number of rotatable bonds is 5. The molecule has 3 aromatic carbocycles. The Bertz CT molecular complexity index is 1380. The molecule has 0 saturated carbocycles. The van der Waals surface area contributed by atoms with Gasteiger partial charge in [0, 0.05) is 16.3 Å². The Morgan fingerprint density at radius 2 is 1.66 bits per heavy atom. The first kappa shape index (κ1) is 24.3. The average molecular weight is 496 g/mol. The summed E-state index contributed by atoms with van der Waals surface area (Å²) >= 11 is 6.23. The second-order valence-corrected chi connectivity index (χ2v) is 8.61. The molecule has 0 bridgehead atoms. The summed E-state index contributed by atoms with van der Waals surface area (Å²) in [5, 5.41) is 11.6. The van der Waals surface area contributed by atoms with Gasteiger partial charge >= 0.3 is 0 Å². The molecule has 3 aromatic rings. The van der Waals surface area contributed by atoms with E-state index in [0.29, 0.717) is 33.3 Å². The van der Waals surface area contributed by atoms with Crippen LogP contribution in [0, 0.1) is 19.7 Å². The van der Waals surface area contributed by atoms with Gasteiger partial charge in [-0.05, 0) is 73.0 Å². The number of benzene rings is 3. The zero-order valence-corrected chi connectivity index (χ0v) is 20.3. The molecular weight excluding hydrogens is 473 g/mol. The van der Waals surface area contributed by atoms with E-state index in [9.17, 15) is 19.1 Å². The van der Waals surface area contributed by atoms with E-state index in [0.717, 1.165) is 0 Å². The number of aryl methyl sites for hydroxylation is 2. The third-order valence-electron chi connectivity index (χ3n) is 6.03. The van der Waals surface area contributed by atoms with E-state index in [1.807, 2.05) is 0 Å². The first-order valence-electron chi connectivity index (χ1n) is 10.7. The number of methoxy groups -OCH3 is 2. The summed E-state index contributed by atoms with van der Waals surface area (Å²) in [5.41, 5.74) is 2.01. The van der Waals surface area contributed by atoms with Gasteiger partial charge in [0.05, 0.1) is 25.8 Å². The van der Waals surface area contributed by atoms with E-state index < -0.39 is 29.3 Å². The second-order valence-electron chi connectivity index (χ2n) is 8.18. The van der Waals surface area contributed by atoms with Gasteiger partial charge in [0.15, 0.2) is 11.5 Å². The summed E-state index contributed by atoms with van der Waals surface area (Å²) in [7, 11) is 2.97. The fourth-order valence-corrected chi connectivity index (χ4v) is 4.38. The van der Waals surface area contributed by atoms with Crippen LogP contribution in [0.1, 0.15) is 28.3 Å². The quantitative estimate of drug-likeness (QED) is 0.277. The highest BCUT2D eigenvalue weighted by Gasteiger charge is 2.47. The van der Waals surface area contributed by atoms with Crippen LogP contribution >= 0.6 is 11.6 Å². The van der Waals surface area contributed by atoms with Gasteiger partial charge in [-0.25, -0.2) is 4.39 Å². The molecule has 1 fully saturated rings. The first-order chi connectivity index (χ1) is 16.7. The maximum atomic E-state index is 13.9. The van der Waals surface area contributed by atoms with Crippen LogP contribution in [0.3, 0.4) is 0 Å². The van der Waals surface area contributed by atoms with Gasteiger partial charge in [-0.3, -0.25) is 14.5 Å². The SMILES string of the molecule is COc1ccc(C2/C(=C(\O)c3ccc(F)c(C)c3)C(=O)C(=O)N2c2cc(Cl)ccc2C)cc1OC. The van der Waals surface area contributed by atoms with Crippen LogP contribution in [-0.4, -0.2) is 31.0 Å². The molecule has 1 aliphatic rings. The van der Waals surface area contributed by atoms with E-state index in [-0.39, 0.29) is 16.7 Å². The van der Waals surface area contributed by atoms with Gasteiger partial charge in [0.25, 0.3) is 11.7 Å². The number of carbonyl (C=O) groups is 2. The van der Waals surface area contributed by atoms with E-state index in [4.69, 9.17) is 21.1 Å². The number of ether oxygens (including phenoxy) is 2. The number of anilines is 1. The van der Waals surface area contributed by atoms with Crippen LogP contribution < -0.4 is 14.4 Å². The lowest BCUT2D eigenvalue weighted by molar-refractivity contribution is -0.132. The van der Waals surface area contributed by atoms with Crippen LogP contribution in [0.25, 0.3) is 5.76 Å². The topological polar surface area (TPSA) is 76.1 Å². The van der Waals surface area contributed by atoms with Gasteiger partial charge in [-0.15, -0.1) is 0 Å². The van der Waals surface area contributed by atoms with E-state index in [1.54, 1.807) is 50.2 Å². The molecule has 1 amide bonds. The number of aliphatic hydroxyl groups excluding tert-OH is 1. The van der Waals surface area contributed by atoms with Crippen molar-refractivity contribution in [2.45, 2.75) is 19.9 Å². The molecule has 1 unspecified atom stereocenters. The average Bonchev–Trinajstić information content (AvgIpc) is 3.11. The Morgan fingerprint density at radius 3 is 2.31 bits per heavy atom. The predicted octanol–water partition coefficient (Wildman–Crippen LogP) is 5.74. The summed E-state index contributed by atoms with van der Waals surface area (Å²) in [4.78, 5) is 28.0. The summed E-state index contributed by atoms with van der Waals surface area (Å²) in [6.07, 6.45) is 0. The van der Waals surface area contributed by atoms with Crippen molar-refractivity contribution < 1.29 is 28.6 Å². The molecule has 6 nitrogen and oxygen atoms in total. The molecule has 0 radical (unpaired) electrons. The molecule has 0 aliphatic carbocycles. The Kier molecular flexibility index (Phi) is 6.54. The molecule has 1 atom stereocenters. The maximum absolute atomic E-state index is 13.9. The first-order valence-corrected chi connectivity index (χ1v) is 11.1. The monoisotopic (exact) mass is 495 g/mol. The molecule has 4 rings (SSSR count). The molecule has 1 heterocycles. The lowest BCUT2D eigenvalue weighted by Crippen LogP contribution is -2.30. The molecule has 8 heteroatoms. The van der Waals surface area contributed by atoms with Crippen molar-refractivity contribution in [3.8, 4) is 11.5 Å². The van der Waals surface area contributed by atoms with Crippen LogP contribution in [0.5, 0.6) is 11.5 Å². The minimum atomic E-state index is -1.00. The number of Topliss-reactive ketones (excluding diaryl/α,β-unsaturated/α-hetero) is 1. The number of halogens is 2. The smallest absolute Gasteiger partial charge is 0.300 e. The van der Waals surface area contributed by atoms with Crippen LogP contribution in [0.15, 0.2) is 60.2 Å². The largest absolute Gasteiger partial charge is 0.507 e. The highest BCUT2D eigenvalue weighted by molar-refractivity contribution is 6.52. The fourth-order valence-electron chi connectivity index (χ4n) is 4.21. The molecule has 1 aliphatic heterocycles. The van der Waals surface area contributed by atoms with Crippen molar-refractivity contribution in [2.24, 2.45) is 0 Å². The fraction of sp³-hybridized carbons (Fsp3) is 0.185. The van der Waals surface area contributed by atoms with Crippen molar-refractivity contribution in [1.82, 2.24) is 0 Å². The van der Waals surface area contributed by atoms with Gasteiger partial charge in [0.2, 0.25) is 0 Å². The highest BCUT2D eigenvalue weighted by Crippen LogP contribution is 2.45. The van der Waals surface area contributed by atoms with Crippen molar-refractivity contribution in [1.29, 1.82) is 0 Å².